The predicted molar refractivity (Wildman–Crippen MR) is 77.0 cm³/mol. The van der Waals surface area contributed by atoms with Crippen LogP contribution in [0.2, 0.25) is 6.04 Å². The van der Waals surface area contributed by atoms with E-state index >= 15 is 0 Å². The van der Waals surface area contributed by atoms with Gasteiger partial charge in [-0.05, 0) is 33.7 Å². The normalized spacial score (nSPS) is 22.3. The van der Waals surface area contributed by atoms with Crippen molar-refractivity contribution in [2.75, 3.05) is 32.9 Å². The summed E-state index contributed by atoms with van der Waals surface area (Å²) in [5.74, 6) is -0.00805. The smallest absolute Gasteiger partial charge is 0.324 e. The molecule has 0 bridgehead atoms. The van der Waals surface area contributed by atoms with Crippen molar-refractivity contribution in [1.82, 2.24) is 4.90 Å². The fraction of sp³-hybridized carbons (Fsp3) is 0.923. The minimum atomic E-state index is -0.345. The molecule has 0 radical (unpaired) electrons. The van der Waals surface area contributed by atoms with Gasteiger partial charge in [0, 0.05) is 19.8 Å². The van der Waals surface area contributed by atoms with Crippen molar-refractivity contribution in [1.29, 1.82) is 0 Å². The summed E-state index contributed by atoms with van der Waals surface area (Å²) in [5.41, 5.74) is 0. The molecule has 0 N–H and O–H groups in total. The number of nitrogens with zero attached hydrogens (tertiary/aromatic N) is 1. The Kier molecular flexibility index (Phi) is 8.28. The molecular formula is C13H27NO4Si. The maximum atomic E-state index is 11.4. The lowest BCUT2D eigenvalue weighted by atomic mass is 10.4. The third-order valence-corrected chi connectivity index (χ3v) is 4.96. The first-order valence-corrected chi connectivity index (χ1v) is 9.18. The molecule has 2 atom stereocenters. The lowest BCUT2D eigenvalue weighted by molar-refractivity contribution is -0.143. The molecule has 5 nitrogen and oxygen atoms in total. The highest BCUT2D eigenvalue weighted by Crippen LogP contribution is 2.19. The maximum absolute atomic E-state index is 11.4. The van der Waals surface area contributed by atoms with Crippen molar-refractivity contribution in [3.63, 3.8) is 0 Å². The standard InChI is InChI=1S/C13H27NO4Si/c1-4-16-12(15)11-10-14(11)8-7-9-19-13(17-5-2)18-6-3/h11,13H,4-10,19H2,1-3H3. The molecule has 19 heavy (non-hydrogen) atoms. The van der Waals surface area contributed by atoms with Crippen molar-refractivity contribution in [3.05, 3.63) is 0 Å². The summed E-state index contributed by atoms with van der Waals surface area (Å²) in [7, 11) is -0.345. The monoisotopic (exact) mass is 289 g/mol. The lowest BCUT2D eigenvalue weighted by Gasteiger charge is -2.16. The molecule has 0 aromatic carbocycles. The highest BCUT2D eigenvalue weighted by molar-refractivity contribution is 6.36. The Morgan fingerprint density at radius 1 is 1.26 bits per heavy atom. The average molecular weight is 289 g/mol. The van der Waals surface area contributed by atoms with Gasteiger partial charge in [0.2, 0.25) is 0 Å². The summed E-state index contributed by atoms with van der Waals surface area (Å²) in [6, 6.07) is 1.22. The van der Waals surface area contributed by atoms with Gasteiger partial charge in [0.05, 0.1) is 16.1 Å². The minimum Gasteiger partial charge on any atom is -0.465 e. The second-order valence-electron chi connectivity index (χ2n) is 4.60. The minimum absolute atomic E-state index is 0.0243. The second kappa shape index (κ2) is 9.47. The highest BCUT2D eigenvalue weighted by atomic mass is 28.2. The summed E-state index contributed by atoms with van der Waals surface area (Å²) >= 11 is 0. The van der Waals surface area contributed by atoms with Gasteiger partial charge in [-0.1, -0.05) is 6.04 Å². The van der Waals surface area contributed by atoms with Crippen LogP contribution >= 0.6 is 0 Å². The Morgan fingerprint density at radius 3 is 2.53 bits per heavy atom. The van der Waals surface area contributed by atoms with Crippen molar-refractivity contribution in [2.24, 2.45) is 0 Å². The molecule has 0 aliphatic carbocycles. The number of rotatable bonds is 11. The lowest BCUT2D eigenvalue weighted by Crippen LogP contribution is -2.25. The zero-order chi connectivity index (χ0) is 14.1. The van der Waals surface area contributed by atoms with Gasteiger partial charge in [-0.2, -0.15) is 0 Å². The number of hydrogen-bond acceptors (Lipinski definition) is 5. The van der Waals surface area contributed by atoms with Crippen LogP contribution in [0.15, 0.2) is 0 Å². The van der Waals surface area contributed by atoms with Crippen molar-refractivity contribution in [2.45, 2.75) is 45.2 Å². The number of carbonyl (C=O) groups is 1. The number of ether oxygens (including phenoxy) is 3. The molecule has 6 heteroatoms. The Bertz CT molecular complexity index is 259. The van der Waals surface area contributed by atoms with Gasteiger partial charge in [0.1, 0.15) is 12.0 Å². The van der Waals surface area contributed by atoms with Crippen molar-refractivity contribution in [3.8, 4) is 0 Å². The van der Waals surface area contributed by atoms with Gasteiger partial charge in [-0.3, -0.25) is 9.69 Å². The van der Waals surface area contributed by atoms with Gasteiger partial charge >= 0.3 is 5.97 Å². The topological polar surface area (TPSA) is 47.8 Å². The van der Waals surface area contributed by atoms with Crippen LogP contribution in [0.1, 0.15) is 27.2 Å². The van der Waals surface area contributed by atoms with Gasteiger partial charge in [-0.15, -0.1) is 0 Å². The quantitative estimate of drug-likeness (QED) is 0.183. The van der Waals surface area contributed by atoms with Gasteiger partial charge < -0.3 is 14.2 Å². The van der Waals surface area contributed by atoms with Crippen LogP contribution in [0.4, 0.5) is 0 Å². The van der Waals surface area contributed by atoms with E-state index in [1.54, 1.807) is 0 Å². The van der Waals surface area contributed by atoms with Crippen LogP contribution in [0.25, 0.3) is 0 Å². The molecule has 0 saturated carbocycles. The van der Waals surface area contributed by atoms with Gasteiger partial charge in [0.15, 0.2) is 0 Å². The van der Waals surface area contributed by atoms with Crippen molar-refractivity contribution >= 4 is 15.5 Å². The molecule has 1 aliphatic heterocycles. The molecular weight excluding hydrogens is 262 g/mol. The molecule has 2 unspecified atom stereocenters. The fourth-order valence-electron chi connectivity index (χ4n) is 2.10. The second-order valence-corrected chi connectivity index (χ2v) is 6.55. The van der Waals surface area contributed by atoms with E-state index in [9.17, 15) is 4.79 Å². The first-order valence-electron chi connectivity index (χ1n) is 7.36. The van der Waals surface area contributed by atoms with Crippen LogP contribution in [0.3, 0.4) is 0 Å². The van der Waals surface area contributed by atoms with Crippen molar-refractivity contribution < 1.29 is 19.0 Å². The van der Waals surface area contributed by atoms with E-state index in [1.807, 2.05) is 20.8 Å². The molecule has 1 fully saturated rings. The molecule has 0 aromatic rings. The molecule has 0 spiro atoms. The number of carbonyl (C=O) groups excluding carboxylic acids is 1. The first kappa shape index (κ1) is 16.6. The van der Waals surface area contributed by atoms with E-state index in [0.29, 0.717) is 19.8 Å². The van der Waals surface area contributed by atoms with Gasteiger partial charge in [0.25, 0.3) is 0 Å². The van der Waals surface area contributed by atoms with Crippen LogP contribution in [-0.4, -0.2) is 65.3 Å². The maximum Gasteiger partial charge on any atom is 0.324 e. The van der Waals surface area contributed by atoms with Gasteiger partial charge in [-0.25, -0.2) is 0 Å². The Labute approximate surface area is 118 Å². The fourth-order valence-corrected chi connectivity index (χ4v) is 3.75. The highest BCUT2D eigenvalue weighted by Gasteiger charge is 2.40. The Balaban J connectivity index is 2.03. The molecule has 0 amide bonds. The largest absolute Gasteiger partial charge is 0.465 e. The van der Waals surface area contributed by atoms with Crippen LogP contribution in [0.5, 0.6) is 0 Å². The van der Waals surface area contributed by atoms with E-state index in [-0.39, 0.29) is 27.4 Å². The molecule has 1 heterocycles. The number of hydrogen-bond donors (Lipinski definition) is 0. The zero-order valence-electron chi connectivity index (χ0n) is 12.4. The predicted octanol–water partition coefficient (Wildman–Crippen LogP) is 0.567. The summed E-state index contributed by atoms with van der Waals surface area (Å²) in [6.45, 7) is 9.60. The van der Waals surface area contributed by atoms with Crippen LogP contribution in [-0.2, 0) is 19.0 Å². The van der Waals surface area contributed by atoms with Crippen LogP contribution in [0, 0.1) is 0 Å². The summed E-state index contributed by atoms with van der Waals surface area (Å²) in [6.07, 6.45) is 1.12. The summed E-state index contributed by atoms with van der Waals surface area (Å²) in [4.78, 5) is 13.6. The average Bonchev–Trinajstić information content (AvgIpc) is 3.15. The van der Waals surface area contributed by atoms with E-state index < -0.39 is 0 Å². The van der Waals surface area contributed by atoms with E-state index in [0.717, 1.165) is 19.5 Å². The third-order valence-electron chi connectivity index (χ3n) is 3.11. The molecule has 1 aliphatic rings. The number of esters is 1. The summed E-state index contributed by atoms with van der Waals surface area (Å²) < 4.78 is 16.1. The molecule has 1 rings (SSSR count). The van der Waals surface area contributed by atoms with Crippen LogP contribution < -0.4 is 0 Å². The third kappa shape index (κ3) is 6.51. The SMILES string of the molecule is CCOC(=O)C1CN1CCC[SiH2]C(OCC)OCC. The molecule has 112 valence electrons. The van der Waals surface area contributed by atoms with E-state index in [1.165, 1.54) is 6.04 Å². The Hall–Kier alpha value is -0.433. The summed E-state index contributed by atoms with van der Waals surface area (Å²) in [5, 5.41) is 0. The van der Waals surface area contributed by atoms with E-state index in [2.05, 4.69) is 4.90 Å². The zero-order valence-corrected chi connectivity index (χ0v) is 13.8. The molecule has 1 saturated heterocycles. The first-order chi connectivity index (χ1) is 9.22. The Morgan fingerprint density at radius 2 is 1.95 bits per heavy atom. The molecule has 0 aromatic heterocycles. The van der Waals surface area contributed by atoms with E-state index in [4.69, 9.17) is 14.2 Å².